The predicted molar refractivity (Wildman–Crippen MR) is 76.3 cm³/mol. The Morgan fingerprint density at radius 3 is 2.43 bits per heavy atom. The molecule has 0 fully saturated rings. The van der Waals surface area contributed by atoms with Crippen LogP contribution >= 0.6 is 7.82 Å². The Hall–Kier alpha value is -1.86. The standard InChI is InChI=1S/C9H15N4O9P/c10-5-7(12-9(18)13-8(5)17)11-1-3(14)6(16)4(15)2-22-23(19,20)21/h1,3-4,6,14-16H,2,10H2,(H2,19,20,21)(H2,12,13,17,18)/t3-,4-,6+/m1/s1. The number of aromatic amines is 2. The molecule has 0 saturated heterocycles. The molecule has 14 heteroatoms. The third kappa shape index (κ3) is 6.03. The van der Waals surface area contributed by atoms with Crippen molar-refractivity contribution in [1.82, 2.24) is 9.97 Å². The van der Waals surface area contributed by atoms with Crippen molar-refractivity contribution in [2.24, 2.45) is 4.99 Å². The van der Waals surface area contributed by atoms with Gasteiger partial charge in [0.15, 0.2) is 5.82 Å². The molecule has 0 aliphatic carbocycles. The fraction of sp³-hybridized carbons (Fsp3) is 0.444. The first-order chi connectivity index (χ1) is 10.5. The van der Waals surface area contributed by atoms with Crippen LogP contribution in [-0.2, 0) is 9.09 Å². The van der Waals surface area contributed by atoms with Gasteiger partial charge in [-0.1, -0.05) is 0 Å². The maximum Gasteiger partial charge on any atom is 0.469 e. The molecule has 0 aromatic carbocycles. The first-order valence-electron chi connectivity index (χ1n) is 5.92. The molecule has 9 N–H and O–H groups in total. The van der Waals surface area contributed by atoms with Crippen LogP contribution in [0.5, 0.6) is 0 Å². The molecule has 0 aliphatic rings. The fourth-order valence-corrected chi connectivity index (χ4v) is 1.67. The summed E-state index contributed by atoms with van der Waals surface area (Å²) >= 11 is 0. The highest BCUT2D eigenvalue weighted by atomic mass is 31.2. The first-order valence-corrected chi connectivity index (χ1v) is 7.45. The van der Waals surface area contributed by atoms with E-state index in [1.54, 1.807) is 0 Å². The number of phosphoric acid groups is 1. The molecule has 1 heterocycles. The highest BCUT2D eigenvalue weighted by Gasteiger charge is 2.26. The number of hydrogen-bond acceptors (Lipinski definition) is 9. The molecule has 1 aromatic heterocycles. The molecule has 1 aromatic rings. The van der Waals surface area contributed by atoms with Gasteiger partial charge in [-0.3, -0.25) is 19.3 Å². The SMILES string of the molecule is Nc1c(N=C[C@@H](O)[C@H](O)[C@H](O)COP(=O)(O)O)[nH]c(=O)[nH]c1=O. The predicted octanol–water partition coefficient (Wildman–Crippen LogP) is -3.46. The van der Waals surface area contributed by atoms with E-state index < -0.39 is 49.7 Å². The average Bonchev–Trinajstić information content (AvgIpc) is 2.44. The number of nitrogens with zero attached hydrogens (tertiary/aromatic N) is 1. The molecule has 23 heavy (non-hydrogen) atoms. The van der Waals surface area contributed by atoms with E-state index in [0.717, 1.165) is 0 Å². The molecule has 1 rings (SSSR count). The van der Waals surface area contributed by atoms with Gasteiger partial charge in [-0.2, -0.15) is 0 Å². The minimum Gasteiger partial charge on any atom is -0.391 e. The van der Waals surface area contributed by atoms with E-state index in [-0.39, 0.29) is 5.82 Å². The highest BCUT2D eigenvalue weighted by molar-refractivity contribution is 7.46. The summed E-state index contributed by atoms with van der Waals surface area (Å²) in [4.78, 5) is 46.6. The van der Waals surface area contributed by atoms with Crippen molar-refractivity contribution in [3.63, 3.8) is 0 Å². The number of H-pyrrole nitrogens is 2. The number of rotatable bonds is 7. The normalized spacial score (nSPS) is 16.4. The maximum atomic E-state index is 11.2. The van der Waals surface area contributed by atoms with Crippen molar-refractivity contribution in [3.05, 3.63) is 20.8 Å². The zero-order valence-electron chi connectivity index (χ0n) is 11.4. The number of hydrogen-bond donors (Lipinski definition) is 8. The van der Waals surface area contributed by atoms with E-state index in [4.69, 9.17) is 15.5 Å². The summed E-state index contributed by atoms with van der Waals surface area (Å²) in [6.07, 6.45) is -4.92. The number of phosphoric ester groups is 1. The molecule has 0 aliphatic heterocycles. The van der Waals surface area contributed by atoms with Gasteiger partial charge in [0.2, 0.25) is 0 Å². The van der Waals surface area contributed by atoms with Gasteiger partial charge in [0.05, 0.1) is 6.61 Å². The summed E-state index contributed by atoms with van der Waals surface area (Å²) in [5.41, 5.74) is 3.08. The van der Waals surface area contributed by atoms with E-state index in [0.29, 0.717) is 6.21 Å². The number of anilines is 1. The van der Waals surface area contributed by atoms with Gasteiger partial charge in [-0.25, -0.2) is 14.4 Å². The Labute approximate surface area is 127 Å². The third-order valence-electron chi connectivity index (χ3n) is 2.47. The Morgan fingerprint density at radius 2 is 1.87 bits per heavy atom. The largest absolute Gasteiger partial charge is 0.469 e. The zero-order chi connectivity index (χ0) is 17.8. The maximum absolute atomic E-state index is 11.2. The topological polar surface area (TPSA) is 232 Å². The molecule has 0 saturated carbocycles. The van der Waals surface area contributed by atoms with Gasteiger partial charge in [0.1, 0.15) is 24.0 Å². The van der Waals surface area contributed by atoms with Crippen molar-refractivity contribution in [2.45, 2.75) is 18.3 Å². The lowest BCUT2D eigenvalue weighted by Gasteiger charge is -2.20. The average molecular weight is 354 g/mol. The third-order valence-corrected chi connectivity index (χ3v) is 2.96. The van der Waals surface area contributed by atoms with Crippen LogP contribution in [0.2, 0.25) is 0 Å². The zero-order valence-corrected chi connectivity index (χ0v) is 12.3. The summed E-state index contributed by atoms with van der Waals surface area (Å²) < 4.78 is 14.4. The van der Waals surface area contributed by atoms with Gasteiger partial charge in [0.25, 0.3) is 5.56 Å². The smallest absolute Gasteiger partial charge is 0.391 e. The van der Waals surface area contributed by atoms with Crippen LogP contribution in [-0.4, -0.2) is 66.2 Å². The molecule has 0 bridgehead atoms. The number of nitrogens with one attached hydrogen (secondary N) is 2. The molecule has 3 atom stereocenters. The second kappa shape index (κ2) is 7.61. The second-order valence-corrected chi connectivity index (χ2v) is 5.52. The molecule has 13 nitrogen and oxygen atoms in total. The lowest BCUT2D eigenvalue weighted by Crippen LogP contribution is -2.40. The molecule has 0 radical (unpaired) electrons. The van der Waals surface area contributed by atoms with Gasteiger partial charge >= 0.3 is 13.5 Å². The summed E-state index contributed by atoms with van der Waals surface area (Å²) in [5, 5.41) is 28.5. The first kappa shape index (κ1) is 19.2. The molecular formula is C9H15N4O9P. The minimum absolute atomic E-state index is 0.383. The Balaban J connectivity index is 2.78. The lowest BCUT2D eigenvalue weighted by atomic mass is 10.1. The number of aliphatic hydroxyl groups excluding tert-OH is 3. The fourth-order valence-electron chi connectivity index (χ4n) is 1.32. The lowest BCUT2D eigenvalue weighted by molar-refractivity contribution is -0.0532. The Morgan fingerprint density at radius 1 is 1.26 bits per heavy atom. The molecule has 130 valence electrons. The molecular weight excluding hydrogens is 339 g/mol. The van der Waals surface area contributed by atoms with Crippen LogP contribution in [0.15, 0.2) is 14.6 Å². The van der Waals surface area contributed by atoms with E-state index in [1.165, 1.54) is 0 Å². The number of aliphatic hydroxyl groups is 3. The van der Waals surface area contributed by atoms with E-state index in [9.17, 15) is 29.5 Å². The van der Waals surface area contributed by atoms with Crippen molar-refractivity contribution in [2.75, 3.05) is 12.3 Å². The quantitative estimate of drug-likeness (QED) is 0.178. The van der Waals surface area contributed by atoms with Crippen molar-refractivity contribution in [3.8, 4) is 0 Å². The van der Waals surface area contributed by atoms with Crippen LogP contribution < -0.4 is 17.0 Å². The van der Waals surface area contributed by atoms with Crippen LogP contribution in [0.4, 0.5) is 11.5 Å². The highest BCUT2D eigenvalue weighted by Crippen LogP contribution is 2.35. The Bertz CT molecular complexity index is 722. The van der Waals surface area contributed by atoms with Gasteiger partial charge in [-0.15, -0.1) is 0 Å². The van der Waals surface area contributed by atoms with Crippen molar-refractivity contribution >= 4 is 25.5 Å². The number of aromatic nitrogens is 2. The summed E-state index contributed by atoms with van der Waals surface area (Å²) in [6, 6.07) is 0. The van der Waals surface area contributed by atoms with E-state index in [1.807, 2.05) is 4.98 Å². The number of nitrogens with two attached hydrogens (primary N) is 1. The van der Waals surface area contributed by atoms with Crippen molar-refractivity contribution in [1.29, 1.82) is 0 Å². The summed E-state index contributed by atoms with van der Waals surface area (Å²) in [6.45, 7) is -0.958. The molecule has 0 spiro atoms. The number of nitrogen functional groups attached to an aromatic ring is 1. The van der Waals surface area contributed by atoms with Gasteiger partial charge in [0, 0.05) is 6.21 Å². The Kier molecular flexibility index (Phi) is 6.35. The van der Waals surface area contributed by atoms with Gasteiger partial charge in [-0.05, 0) is 0 Å². The monoisotopic (exact) mass is 354 g/mol. The van der Waals surface area contributed by atoms with Gasteiger partial charge < -0.3 is 30.8 Å². The minimum atomic E-state index is -4.85. The van der Waals surface area contributed by atoms with E-state index >= 15 is 0 Å². The summed E-state index contributed by atoms with van der Waals surface area (Å²) in [5.74, 6) is -0.383. The molecule has 0 amide bonds. The summed E-state index contributed by atoms with van der Waals surface area (Å²) in [7, 11) is -4.85. The van der Waals surface area contributed by atoms with Crippen LogP contribution in [0.25, 0.3) is 0 Å². The van der Waals surface area contributed by atoms with Crippen molar-refractivity contribution < 1.29 is 34.2 Å². The number of aliphatic imine (C=N–C) groups is 1. The second-order valence-electron chi connectivity index (χ2n) is 4.28. The molecule has 0 unspecified atom stereocenters. The van der Waals surface area contributed by atoms with Crippen LogP contribution in [0, 0.1) is 0 Å². The van der Waals surface area contributed by atoms with Crippen LogP contribution in [0.3, 0.4) is 0 Å². The van der Waals surface area contributed by atoms with Crippen LogP contribution in [0.1, 0.15) is 0 Å². The van der Waals surface area contributed by atoms with E-state index in [2.05, 4.69) is 14.5 Å².